The molecule has 1 aromatic rings. The minimum Gasteiger partial charge on any atom is -0.464 e. The summed E-state index contributed by atoms with van der Waals surface area (Å²) in [5.74, 6) is 0.138. The van der Waals surface area contributed by atoms with Crippen LogP contribution in [0.5, 0.6) is 11.5 Å². The van der Waals surface area contributed by atoms with Crippen molar-refractivity contribution in [3.8, 4) is 11.5 Å². The Kier molecular flexibility index (Phi) is 4.59. The lowest BCUT2D eigenvalue weighted by atomic mass is 9.85. The second-order valence-corrected chi connectivity index (χ2v) is 7.25. The van der Waals surface area contributed by atoms with Crippen LogP contribution in [0.25, 0.3) is 0 Å². The van der Waals surface area contributed by atoms with Crippen molar-refractivity contribution in [3.63, 3.8) is 0 Å². The third-order valence-corrected chi connectivity index (χ3v) is 5.25. The van der Waals surface area contributed by atoms with Gasteiger partial charge in [-0.3, -0.25) is 4.79 Å². The standard InChI is InChI=1S/C15H21NO6S/c1-6-16(10(2)17)23(18,19)22-11-7-8-13-12(9-11)15(3,4)14(20-5)21-13/h7-9,14H,6H2,1-5H3. The van der Waals surface area contributed by atoms with E-state index < -0.39 is 27.9 Å². The Hall–Kier alpha value is -1.80. The largest absolute Gasteiger partial charge is 0.464 e. The minimum absolute atomic E-state index is 0.00294. The predicted octanol–water partition coefficient (Wildman–Crippen LogP) is 1.82. The highest BCUT2D eigenvalue weighted by Gasteiger charge is 2.42. The zero-order valence-corrected chi connectivity index (χ0v) is 14.6. The predicted molar refractivity (Wildman–Crippen MR) is 83.5 cm³/mol. The molecule has 8 heteroatoms. The molecule has 0 aromatic heterocycles. The summed E-state index contributed by atoms with van der Waals surface area (Å²) < 4.78 is 41.1. The summed E-state index contributed by atoms with van der Waals surface area (Å²) in [5.41, 5.74) is 0.320. The SMILES string of the molecule is CCN(C(C)=O)S(=O)(=O)Oc1ccc2c(c1)C(C)(C)C(OC)O2. The lowest BCUT2D eigenvalue weighted by molar-refractivity contribution is -0.124. The average Bonchev–Trinajstić information content (AvgIpc) is 2.69. The van der Waals surface area contributed by atoms with Crippen LogP contribution in [0.1, 0.15) is 33.3 Å². The van der Waals surface area contributed by atoms with Crippen LogP contribution in [0.15, 0.2) is 18.2 Å². The highest BCUT2D eigenvalue weighted by Crippen LogP contribution is 2.44. The first kappa shape index (κ1) is 17.6. The molecule has 1 atom stereocenters. The molecule has 1 aliphatic heterocycles. The molecule has 1 aliphatic rings. The number of carbonyl (C=O) groups excluding carboxylic acids is 1. The van der Waals surface area contributed by atoms with Crippen LogP contribution in [-0.2, 0) is 25.3 Å². The number of ether oxygens (including phenoxy) is 2. The van der Waals surface area contributed by atoms with Crippen LogP contribution >= 0.6 is 0 Å². The van der Waals surface area contributed by atoms with Crippen LogP contribution in [0.2, 0.25) is 0 Å². The lowest BCUT2D eigenvalue weighted by Gasteiger charge is -2.24. The third kappa shape index (κ3) is 3.13. The van der Waals surface area contributed by atoms with Crippen molar-refractivity contribution in [3.05, 3.63) is 23.8 Å². The molecule has 0 N–H and O–H groups in total. The van der Waals surface area contributed by atoms with Crippen LogP contribution in [0, 0.1) is 0 Å². The number of fused-ring (bicyclic) bond motifs is 1. The fraction of sp³-hybridized carbons (Fsp3) is 0.533. The van der Waals surface area contributed by atoms with Gasteiger partial charge >= 0.3 is 10.3 Å². The molecular formula is C15H21NO6S. The van der Waals surface area contributed by atoms with Gasteiger partial charge in [0.2, 0.25) is 12.2 Å². The molecule has 0 aliphatic carbocycles. The fourth-order valence-corrected chi connectivity index (χ4v) is 3.67. The normalized spacial score (nSPS) is 18.9. The smallest absolute Gasteiger partial charge is 0.412 e. The molecule has 0 spiro atoms. The molecule has 128 valence electrons. The van der Waals surface area contributed by atoms with E-state index in [1.54, 1.807) is 26.2 Å². The highest BCUT2D eigenvalue weighted by molar-refractivity contribution is 7.85. The Labute approximate surface area is 136 Å². The maximum atomic E-state index is 12.2. The Morgan fingerprint density at radius 2 is 2.04 bits per heavy atom. The molecule has 0 saturated heterocycles. The Bertz CT molecular complexity index is 713. The van der Waals surface area contributed by atoms with Gasteiger partial charge in [-0.2, -0.15) is 8.42 Å². The summed E-state index contributed by atoms with van der Waals surface area (Å²) in [6.45, 7) is 6.60. The van der Waals surface area contributed by atoms with Crippen molar-refractivity contribution in [2.45, 2.75) is 39.4 Å². The van der Waals surface area contributed by atoms with Gasteiger partial charge < -0.3 is 13.7 Å². The van der Waals surface area contributed by atoms with Crippen LogP contribution in [0.4, 0.5) is 0 Å². The Morgan fingerprint density at radius 1 is 1.39 bits per heavy atom. The van der Waals surface area contributed by atoms with E-state index in [2.05, 4.69) is 0 Å². The van der Waals surface area contributed by atoms with Crippen molar-refractivity contribution in [1.82, 2.24) is 4.31 Å². The molecule has 0 fully saturated rings. The maximum Gasteiger partial charge on any atom is 0.412 e. The van der Waals surface area contributed by atoms with Gasteiger partial charge in [-0.25, -0.2) is 4.31 Å². The zero-order chi connectivity index (χ0) is 17.4. The Morgan fingerprint density at radius 3 is 2.57 bits per heavy atom. The number of nitrogens with zero attached hydrogens (tertiary/aromatic N) is 1. The van der Waals surface area contributed by atoms with Gasteiger partial charge in [-0.1, -0.05) is 0 Å². The summed E-state index contributed by atoms with van der Waals surface area (Å²) in [5, 5.41) is 0. The van der Waals surface area contributed by atoms with Gasteiger partial charge in [0, 0.05) is 26.1 Å². The van der Waals surface area contributed by atoms with Crippen LogP contribution < -0.4 is 8.92 Å². The number of rotatable bonds is 5. The molecule has 0 bridgehead atoms. The number of methoxy groups -OCH3 is 1. The quantitative estimate of drug-likeness (QED) is 0.811. The topological polar surface area (TPSA) is 82.1 Å². The molecule has 2 rings (SSSR count). The number of hydrogen-bond donors (Lipinski definition) is 0. The zero-order valence-electron chi connectivity index (χ0n) is 13.8. The summed E-state index contributed by atoms with van der Waals surface area (Å²) >= 11 is 0. The summed E-state index contributed by atoms with van der Waals surface area (Å²) in [7, 11) is -2.64. The van der Waals surface area contributed by atoms with Gasteiger partial charge in [0.05, 0.1) is 5.41 Å². The molecule has 1 unspecified atom stereocenters. The fourth-order valence-electron chi connectivity index (χ4n) is 2.60. The van der Waals surface area contributed by atoms with Gasteiger partial charge in [-0.05, 0) is 39.0 Å². The van der Waals surface area contributed by atoms with E-state index in [1.165, 1.54) is 13.0 Å². The first-order valence-electron chi connectivity index (χ1n) is 7.20. The van der Waals surface area contributed by atoms with Crippen LogP contribution in [-0.4, -0.2) is 38.6 Å². The van der Waals surface area contributed by atoms with Gasteiger partial charge in [0.15, 0.2) is 0 Å². The monoisotopic (exact) mass is 343 g/mol. The van der Waals surface area contributed by atoms with E-state index >= 15 is 0 Å². The first-order chi connectivity index (χ1) is 10.6. The maximum absolute atomic E-state index is 12.2. The Balaban J connectivity index is 2.33. The van der Waals surface area contributed by atoms with E-state index in [4.69, 9.17) is 13.7 Å². The van der Waals surface area contributed by atoms with Crippen molar-refractivity contribution in [1.29, 1.82) is 0 Å². The second-order valence-electron chi connectivity index (χ2n) is 5.79. The molecule has 1 aromatic carbocycles. The second kappa shape index (κ2) is 6.01. The van der Waals surface area contributed by atoms with Gasteiger partial charge in [0.25, 0.3) is 0 Å². The van der Waals surface area contributed by atoms with Crippen molar-refractivity contribution < 1.29 is 26.9 Å². The number of hydrogen-bond acceptors (Lipinski definition) is 6. The molecule has 1 amide bonds. The van der Waals surface area contributed by atoms with E-state index in [9.17, 15) is 13.2 Å². The number of carbonyl (C=O) groups is 1. The third-order valence-electron chi connectivity index (χ3n) is 3.79. The van der Waals surface area contributed by atoms with E-state index in [1.807, 2.05) is 13.8 Å². The van der Waals surface area contributed by atoms with Gasteiger partial charge in [-0.15, -0.1) is 0 Å². The molecular weight excluding hydrogens is 322 g/mol. The summed E-state index contributed by atoms with van der Waals surface area (Å²) in [4.78, 5) is 11.4. The highest BCUT2D eigenvalue weighted by atomic mass is 32.2. The van der Waals surface area contributed by atoms with Crippen molar-refractivity contribution >= 4 is 16.2 Å². The molecule has 23 heavy (non-hydrogen) atoms. The molecule has 1 heterocycles. The molecule has 7 nitrogen and oxygen atoms in total. The molecule has 0 saturated carbocycles. The molecule has 0 radical (unpaired) electrons. The van der Waals surface area contributed by atoms with Crippen molar-refractivity contribution in [2.75, 3.05) is 13.7 Å². The summed E-state index contributed by atoms with van der Waals surface area (Å²) in [6, 6.07) is 4.71. The lowest BCUT2D eigenvalue weighted by Crippen LogP contribution is -2.38. The number of amides is 1. The summed E-state index contributed by atoms with van der Waals surface area (Å²) in [6.07, 6.45) is -0.464. The first-order valence-corrected chi connectivity index (χ1v) is 8.56. The number of benzene rings is 1. The average molecular weight is 343 g/mol. The van der Waals surface area contributed by atoms with Crippen LogP contribution in [0.3, 0.4) is 0 Å². The van der Waals surface area contributed by atoms with Crippen molar-refractivity contribution in [2.24, 2.45) is 0 Å². The van der Waals surface area contributed by atoms with E-state index in [0.717, 1.165) is 5.56 Å². The van der Waals surface area contributed by atoms with Gasteiger partial charge in [0.1, 0.15) is 11.5 Å². The van der Waals surface area contributed by atoms with E-state index in [-0.39, 0.29) is 12.3 Å². The van der Waals surface area contributed by atoms with E-state index in [0.29, 0.717) is 10.1 Å². The minimum atomic E-state index is -4.19.